The summed E-state index contributed by atoms with van der Waals surface area (Å²) in [7, 11) is 0. The molecule has 1 unspecified atom stereocenters. The van der Waals surface area contributed by atoms with E-state index in [1.165, 1.54) is 32.1 Å². The van der Waals surface area contributed by atoms with Gasteiger partial charge >= 0.3 is 5.97 Å². The van der Waals surface area contributed by atoms with Crippen molar-refractivity contribution in [2.75, 3.05) is 0 Å². The molecule has 1 aliphatic carbocycles. The Morgan fingerprint density at radius 3 is 2.36 bits per heavy atom. The molecular weight excluding hydrogens is 178 g/mol. The van der Waals surface area contributed by atoms with Crippen molar-refractivity contribution in [3.8, 4) is 0 Å². The van der Waals surface area contributed by atoms with Crippen LogP contribution < -0.4 is 5.32 Å². The Balaban J connectivity index is 2.32. The van der Waals surface area contributed by atoms with Crippen LogP contribution in [0.1, 0.15) is 46.0 Å². The Morgan fingerprint density at radius 1 is 1.29 bits per heavy atom. The minimum Gasteiger partial charge on any atom is -0.480 e. The lowest BCUT2D eigenvalue weighted by Gasteiger charge is -2.29. The van der Waals surface area contributed by atoms with Crippen molar-refractivity contribution in [2.45, 2.75) is 58.0 Å². The van der Waals surface area contributed by atoms with Gasteiger partial charge in [-0.05, 0) is 32.6 Å². The molecule has 0 aliphatic heterocycles. The second-order valence-electron chi connectivity index (χ2n) is 4.41. The number of nitrogens with one attached hydrogen (secondary N) is 1. The van der Waals surface area contributed by atoms with Crippen molar-refractivity contribution in [2.24, 2.45) is 5.92 Å². The maximum atomic E-state index is 10.7. The van der Waals surface area contributed by atoms with E-state index in [1.807, 2.05) is 0 Å². The van der Waals surface area contributed by atoms with Gasteiger partial charge in [0.2, 0.25) is 0 Å². The normalized spacial score (nSPS) is 23.0. The van der Waals surface area contributed by atoms with E-state index in [2.05, 4.69) is 12.2 Å². The van der Waals surface area contributed by atoms with Crippen LogP contribution in [-0.4, -0.2) is 23.2 Å². The van der Waals surface area contributed by atoms with Crippen LogP contribution in [0.15, 0.2) is 0 Å². The van der Waals surface area contributed by atoms with Crippen LogP contribution in [0.25, 0.3) is 0 Å². The van der Waals surface area contributed by atoms with Crippen LogP contribution in [0.2, 0.25) is 0 Å². The summed E-state index contributed by atoms with van der Waals surface area (Å²) in [6.07, 6.45) is 6.45. The molecule has 0 aromatic carbocycles. The maximum absolute atomic E-state index is 10.7. The summed E-state index contributed by atoms with van der Waals surface area (Å²) in [5, 5.41) is 11.9. The molecule has 0 amide bonds. The van der Waals surface area contributed by atoms with Gasteiger partial charge in [-0.2, -0.15) is 0 Å². The number of carboxylic acids is 1. The molecule has 1 saturated carbocycles. The highest BCUT2D eigenvalue weighted by Gasteiger charge is 2.22. The predicted octanol–water partition coefficient (Wildman–Crippen LogP) is 2.02. The summed E-state index contributed by atoms with van der Waals surface area (Å²) in [5.41, 5.74) is 0. The lowest BCUT2D eigenvalue weighted by atomic mass is 9.84. The van der Waals surface area contributed by atoms with E-state index < -0.39 is 12.0 Å². The standard InChI is InChI=1S/C11H21NO2/c1-8(12-9(2)11(13)14)10-6-4-3-5-7-10/h8-10,12H,3-7H2,1-2H3,(H,13,14)/t8-,9?/m1/s1. The van der Waals surface area contributed by atoms with E-state index in [0.717, 1.165) is 0 Å². The van der Waals surface area contributed by atoms with Crippen LogP contribution >= 0.6 is 0 Å². The highest BCUT2D eigenvalue weighted by atomic mass is 16.4. The van der Waals surface area contributed by atoms with Crippen molar-refractivity contribution in [1.82, 2.24) is 5.32 Å². The fraction of sp³-hybridized carbons (Fsp3) is 0.909. The van der Waals surface area contributed by atoms with Crippen LogP contribution in [0.5, 0.6) is 0 Å². The summed E-state index contributed by atoms with van der Waals surface area (Å²) in [4.78, 5) is 10.7. The first-order chi connectivity index (χ1) is 6.61. The van der Waals surface area contributed by atoms with Crippen molar-refractivity contribution < 1.29 is 9.90 Å². The van der Waals surface area contributed by atoms with E-state index in [0.29, 0.717) is 12.0 Å². The molecule has 14 heavy (non-hydrogen) atoms. The zero-order chi connectivity index (χ0) is 10.6. The Bertz CT molecular complexity index is 188. The number of hydrogen-bond acceptors (Lipinski definition) is 2. The average Bonchev–Trinajstić information content (AvgIpc) is 2.19. The molecule has 3 nitrogen and oxygen atoms in total. The fourth-order valence-electron chi connectivity index (χ4n) is 2.24. The molecule has 1 rings (SSSR count). The Hall–Kier alpha value is -0.570. The number of hydrogen-bond donors (Lipinski definition) is 2. The van der Waals surface area contributed by atoms with E-state index in [9.17, 15) is 4.79 Å². The second kappa shape index (κ2) is 5.35. The third kappa shape index (κ3) is 3.29. The average molecular weight is 199 g/mol. The number of carbonyl (C=O) groups is 1. The van der Waals surface area contributed by atoms with Gasteiger partial charge in [0.15, 0.2) is 0 Å². The molecule has 0 heterocycles. The van der Waals surface area contributed by atoms with Gasteiger partial charge in [-0.1, -0.05) is 19.3 Å². The van der Waals surface area contributed by atoms with Gasteiger partial charge < -0.3 is 10.4 Å². The third-order valence-electron chi connectivity index (χ3n) is 3.24. The van der Waals surface area contributed by atoms with Gasteiger partial charge in [-0.3, -0.25) is 4.79 Å². The summed E-state index contributed by atoms with van der Waals surface area (Å²) in [6, 6.07) is -0.0895. The van der Waals surface area contributed by atoms with Crippen LogP contribution in [0.3, 0.4) is 0 Å². The molecule has 0 radical (unpaired) electrons. The Kier molecular flexibility index (Phi) is 4.39. The zero-order valence-corrected chi connectivity index (χ0v) is 9.12. The number of aliphatic carboxylic acids is 1. The molecule has 0 aromatic heterocycles. The van der Waals surface area contributed by atoms with Crippen LogP contribution in [-0.2, 0) is 4.79 Å². The maximum Gasteiger partial charge on any atom is 0.320 e. The fourth-order valence-corrected chi connectivity index (χ4v) is 2.24. The summed E-state index contributed by atoms with van der Waals surface area (Å²) >= 11 is 0. The molecule has 82 valence electrons. The molecule has 0 saturated heterocycles. The number of carboxylic acid groups (broad SMARTS) is 1. The third-order valence-corrected chi connectivity index (χ3v) is 3.24. The Labute approximate surface area is 85.9 Å². The van der Waals surface area contributed by atoms with Gasteiger partial charge in [0.1, 0.15) is 6.04 Å². The minimum atomic E-state index is -0.757. The van der Waals surface area contributed by atoms with Crippen LogP contribution in [0, 0.1) is 5.92 Å². The van der Waals surface area contributed by atoms with Crippen molar-refractivity contribution >= 4 is 5.97 Å². The lowest BCUT2D eigenvalue weighted by molar-refractivity contribution is -0.139. The molecule has 0 aromatic rings. The van der Waals surface area contributed by atoms with Gasteiger partial charge in [-0.25, -0.2) is 0 Å². The molecule has 1 fully saturated rings. The highest BCUT2D eigenvalue weighted by Crippen LogP contribution is 2.26. The first-order valence-corrected chi connectivity index (χ1v) is 5.60. The minimum absolute atomic E-state index is 0.335. The molecule has 0 bridgehead atoms. The van der Waals surface area contributed by atoms with Gasteiger partial charge in [-0.15, -0.1) is 0 Å². The van der Waals surface area contributed by atoms with Crippen molar-refractivity contribution in [3.05, 3.63) is 0 Å². The van der Waals surface area contributed by atoms with E-state index >= 15 is 0 Å². The first kappa shape index (κ1) is 11.5. The summed E-state index contributed by atoms with van der Waals surface area (Å²) < 4.78 is 0. The Morgan fingerprint density at radius 2 is 1.86 bits per heavy atom. The van der Waals surface area contributed by atoms with Gasteiger partial charge in [0.25, 0.3) is 0 Å². The highest BCUT2D eigenvalue weighted by molar-refractivity contribution is 5.72. The van der Waals surface area contributed by atoms with Crippen LogP contribution in [0.4, 0.5) is 0 Å². The topological polar surface area (TPSA) is 49.3 Å². The van der Waals surface area contributed by atoms with Crippen molar-refractivity contribution in [1.29, 1.82) is 0 Å². The van der Waals surface area contributed by atoms with Gasteiger partial charge in [0, 0.05) is 6.04 Å². The quantitative estimate of drug-likeness (QED) is 0.728. The molecule has 1 aliphatic rings. The van der Waals surface area contributed by atoms with Crippen molar-refractivity contribution in [3.63, 3.8) is 0 Å². The largest absolute Gasteiger partial charge is 0.480 e. The predicted molar refractivity (Wildman–Crippen MR) is 56.3 cm³/mol. The second-order valence-corrected chi connectivity index (χ2v) is 4.41. The van der Waals surface area contributed by atoms with E-state index in [4.69, 9.17) is 5.11 Å². The first-order valence-electron chi connectivity index (χ1n) is 5.60. The van der Waals surface area contributed by atoms with Gasteiger partial charge in [0.05, 0.1) is 0 Å². The molecular formula is C11H21NO2. The summed E-state index contributed by atoms with van der Waals surface area (Å²) in [6.45, 7) is 3.82. The SMILES string of the molecule is CC(N[C@H](C)C1CCCCC1)C(=O)O. The summed E-state index contributed by atoms with van der Waals surface area (Å²) in [5.74, 6) is -0.0850. The number of rotatable bonds is 4. The van der Waals surface area contributed by atoms with E-state index in [1.54, 1.807) is 6.92 Å². The lowest BCUT2D eigenvalue weighted by Crippen LogP contribution is -2.43. The molecule has 3 heteroatoms. The molecule has 2 N–H and O–H groups in total. The molecule has 0 spiro atoms. The monoisotopic (exact) mass is 199 g/mol. The molecule has 2 atom stereocenters. The zero-order valence-electron chi connectivity index (χ0n) is 9.12. The smallest absolute Gasteiger partial charge is 0.320 e. The van der Waals surface area contributed by atoms with E-state index in [-0.39, 0.29) is 0 Å².